The molecule has 1 heterocycles. The number of hydrogen-bond donors (Lipinski definition) is 2. The van der Waals surface area contributed by atoms with Crippen LogP contribution in [-0.4, -0.2) is 15.5 Å². The average molecular weight is 312 g/mol. The number of nitrogens with one attached hydrogen (secondary N) is 1. The van der Waals surface area contributed by atoms with E-state index in [9.17, 15) is 8.42 Å². The molecule has 3 N–H and O–H groups in total. The van der Waals surface area contributed by atoms with Gasteiger partial charge in [-0.3, -0.25) is 0 Å². The molecule has 0 spiro atoms. The lowest BCUT2D eigenvalue weighted by Gasteiger charge is -2.06. The number of thiophene rings is 1. The van der Waals surface area contributed by atoms with Crippen molar-refractivity contribution in [2.45, 2.75) is 17.3 Å². The van der Waals surface area contributed by atoms with E-state index in [0.29, 0.717) is 12.3 Å². The quantitative estimate of drug-likeness (QED) is 0.850. The summed E-state index contributed by atoms with van der Waals surface area (Å²) >= 11 is 1.17. The summed E-state index contributed by atoms with van der Waals surface area (Å²) in [5.74, 6) is 0.697. The first kappa shape index (κ1) is 15.0. The highest BCUT2D eigenvalue weighted by molar-refractivity contribution is 7.91. The molecule has 0 aliphatic heterocycles. The Bertz CT molecular complexity index is 680. The molecule has 108 valence electrons. The van der Waals surface area contributed by atoms with E-state index in [-0.39, 0.29) is 10.8 Å². The summed E-state index contributed by atoms with van der Waals surface area (Å²) in [5, 5.41) is 1.75. The summed E-state index contributed by atoms with van der Waals surface area (Å²) in [7, 11) is -1.92. The minimum absolute atomic E-state index is 0.218. The number of nitrogens with two attached hydrogens (primary N) is 1. The van der Waals surface area contributed by atoms with Gasteiger partial charge < -0.3 is 10.5 Å². The van der Waals surface area contributed by atoms with Crippen LogP contribution in [0.5, 0.6) is 5.75 Å². The van der Waals surface area contributed by atoms with Gasteiger partial charge in [-0.05, 0) is 34.7 Å². The van der Waals surface area contributed by atoms with Gasteiger partial charge in [0.1, 0.15) is 9.96 Å². The summed E-state index contributed by atoms with van der Waals surface area (Å²) < 4.78 is 32.2. The van der Waals surface area contributed by atoms with Gasteiger partial charge in [-0.25, -0.2) is 13.1 Å². The first-order valence-electron chi connectivity index (χ1n) is 5.95. The van der Waals surface area contributed by atoms with Gasteiger partial charge >= 0.3 is 0 Å². The first-order valence-corrected chi connectivity index (χ1v) is 8.31. The van der Waals surface area contributed by atoms with Crippen LogP contribution in [-0.2, 0) is 23.1 Å². The Morgan fingerprint density at radius 1 is 1.30 bits per heavy atom. The summed E-state index contributed by atoms with van der Waals surface area (Å²) in [6, 6.07) is 8.86. The van der Waals surface area contributed by atoms with Crippen molar-refractivity contribution in [2.24, 2.45) is 5.73 Å². The second-order valence-corrected chi connectivity index (χ2v) is 7.06. The minimum Gasteiger partial charge on any atom is -0.497 e. The molecule has 2 rings (SSSR count). The van der Waals surface area contributed by atoms with Crippen LogP contribution in [0.2, 0.25) is 0 Å². The van der Waals surface area contributed by atoms with Crippen molar-refractivity contribution < 1.29 is 13.2 Å². The number of sulfonamides is 1. The van der Waals surface area contributed by atoms with Crippen LogP contribution >= 0.6 is 11.3 Å². The molecule has 20 heavy (non-hydrogen) atoms. The Hall–Kier alpha value is -1.41. The average Bonchev–Trinajstić information content (AvgIpc) is 2.95. The molecule has 0 saturated carbocycles. The standard InChI is InChI=1S/C13H16N2O3S2/c1-18-12-4-2-3-10(5-12)8-15-20(16,17)13-6-11(7-14)9-19-13/h2-6,9,15H,7-8,14H2,1H3. The van der Waals surface area contributed by atoms with Crippen LogP contribution in [0.3, 0.4) is 0 Å². The predicted molar refractivity (Wildman–Crippen MR) is 79.2 cm³/mol. The number of rotatable bonds is 6. The topological polar surface area (TPSA) is 81.4 Å². The van der Waals surface area contributed by atoms with E-state index in [4.69, 9.17) is 10.5 Å². The minimum atomic E-state index is -3.50. The number of ether oxygens (including phenoxy) is 1. The highest BCUT2D eigenvalue weighted by Crippen LogP contribution is 2.20. The van der Waals surface area contributed by atoms with Crippen molar-refractivity contribution in [3.05, 3.63) is 46.8 Å². The van der Waals surface area contributed by atoms with E-state index in [0.717, 1.165) is 11.1 Å². The molecule has 0 aliphatic rings. The Morgan fingerprint density at radius 3 is 2.75 bits per heavy atom. The van der Waals surface area contributed by atoms with Crippen LogP contribution in [0.1, 0.15) is 11.1 Å². The summed E-state index contributed by atoms with van der Waals surface area (Å²) in [5.41, 5.74) is 7.13. The monoisotopic (exact) mass is 312 g/mol. The van der Waals surface area contributed by atoms with Crippen molar-refractivity contribution in [3.8, 4) is 5.75 Å². The molecule has 0 unspecified atom stereocenters. The van der Waals surface area contributed by atoms with Crippen LogP contribution in [0, 0.1) is 0 Å². The highest BCUT2D eigenvalue weighted by atomic mass is 32.2. The van der Waals surface area contributed by atoms with Crippen molar-refractivity contribution in [1.82, 2.24) is 4.72 Å². The molecule has 1 aromatic heterocycles. The van der Waals surface area contributed by atoms with Gasteiger partial charge in [0.2, 0.25) is 10.0 Å². The molecular formula is C13H16N2O3S2. The lowest BCUT2D eigenvalue weighted by atomic mass is 10.2. The van der Waals surface area contributed by atoms with Crippen molar-refractivity contribution in [1.29, 1.82) is 0 Å². The Morgan fingerprint density at radius 2 is 2.10 bits per heavy atom. The molecule has 0 radical (unpaired) electrons. The van der Waals surface area contributed by atoms with E-state index in [1.54, 1.807) is 24.6 Å². The lowest BCUT2D eigenvalue weighted by Crippen LogP contribution is -2.22. The number of hydrogen-bond acceptors (Lipinski definition) is 5. The van der Waals surface area contributed by atoms with E-state index in [1.165, 1.54) is 11.3 Å². The third-order valence-corrected chi connectivity index (χ3v) is 5.62. The molecule has 2 aromatic rings. The molecule has 0 aliphatic carbocycles. The van der Waals surface area contributed by atoms with E-state index in [1.807, 2.05) is 18.2 Å². The summed E-state index contributed by atoms with van der Waals surface area (Å²) in [6.07, 6.45) is 0. The maximum absolute atomic E-state index is 12.1. The predicted octanol–water partition coefficient (Wildman–Crippen LogP) is 1.69. The third-order valence-electron chi connectivity index (χ3n) is 2.73. The van der Waals surface area contributed by atoms with Crippen LogP contribution in [0.15, 0.2) is 39.9 Å². The molecule has 0 saturated heterocycles. The van der Waals surface area contributed by atoms with Gasteiger partial charge in [-0.15, -0.1) is 11.3 Å². The van der Waals surface area contributed by atoms with Crippen LogP contribution in [0.25, 0.3) is 0 Å². The van der Waals surface area contributed by atoms with Gasteiger partial charge in [0, 0.05) is 13.1 Å². The second-order valence-electron chi connectivity index (χ2n) is 4.15. The molecule has 0 amide bonds. The van der Waals surface area contributed by atoms with Gasteiger partial charge in [0.05, 0.1) is 7.11 Å². The van der Waals surface area contributed by atoms with Crippen LogP contribution in [0.4, 0.5) is 0 Å². The zero-order chi connectivity index (χ0) is 14.6. The van der Waals surface area contributed by atoms with E-state index in [2.05, 4.69) is 4.72 Å². The van der Waals surface area contributed by atoms with Crippen molar-refractivity contribution >= 4 is 21.4 Å². The normalized spacial score (nSPS) is 11.5. The van der Waals surface area contributed by atoms with Crippen molar-refractivity contribution in [2.75, 3.05) is 7.11 Å². The largest absolute Gasteiger partial charge is 0.497 e. The summed E-state index contributed by atoms with van der Waals surface area (Å²) in [4.78, 5) is 0. The van der Waals surface area contributed by atoms with Crippen LogP contribution < -0.4 is 15.2 Å². The Balaban J connectivity index is 2.08. The first-order chi connectivity index (χ1) is 9.55. The fourth-order valence-electron chi connectivity index (χ4n) is 1.63. The fourth-order valence-corrected chi connectivity index (χ4v) is 3.92. The maximum Gasteiger partial charge on any atom is 0.250 e. The van der Waals surface area contributed by atoms with Gasteiger partial charge in [0.25, 0.3) is 0 Å². The van der Waals surface area contributed by atoms with E-state index >= 15 is 0 Å². The third kappa shape index (κ3) is 3.57. The molecule has 0 fully saturated rings. The molecule has 0 bridgehead atoms. The zero-order valence-corrected chi connectivity index (χ0v) is 12.6. The van der Waals surface area contributed by atoms with Gasteiger partial charge in [-0.2, -0.15) is 0 Å². The molecule has 1 aromatic carbocycles. The Labute approximate surface area is 122 Å². The van der Waals surface area contributed by atoms with Gasteiger partial charge in [-0.1, -0.05) is 12.1 Å². The molecule has 5 nitrogen and oxygen atoms in total. The SMILES string of the molecule is COc1cccc(CNS(=O)(=O)c2cc(CN)cs2)c1. The van der Waals surface area contributed by atoms with Crippen molar-refractivity contribution in [3.63, 3.8) is 0 Å². The van der Waals surface area contributed by atoms with Gasteiger partial charge in [0.15, 0.2) is 0 Å². The second kappa shape index (κ2) is 6.36. The number of methoxy groups -OCH3 is 1. The fraction of sp³-hybridized carbons (Fsp3) is 0.231. The number of benzene rings is 1. The lowest BCUT2D eigenvalue weighted by molar-refractivity contribution is 0.414. The smallest absolute Gasteiger partial charge is 0.250 e. The molecular weight excluding hydrogens is 296 g/mol. The summed E-state index contributed by atoms with van der Waals surface area (Å²) in [6.45, 7) is 0.553. The van der Waals surface area contributed by atoms with E-state index < -0.39 is 10.0 Å². The zero-order valence-electron chi connectivity index (χ0n) is 11.0. The Kier molecular flexibility index (Phi) is 4.77. The highest BCUT2D eigenvalue weighted by Gasteiger charge is 2.16. The molecule has 7 heteroatoms. The maximum atomic E-state index is 12.1. The molecule has 0 atom stereocenters.